The normalized spacial score (nSPS) is 10.7. The van der Waals surface area contributed by atoms with Crippen molar-refractivity contribution >= 4 is 5.91 Å². The molecule has 25 heavy (non-hydrogen) atoms. The van der Waals surface area contributed by atoms with Gasteiger partial charge in [-0.05, 0) is 55.3 Å². The van der Waals surface area contributed by atoms with Gasteiger partial charge in [-0.15, -0.1) is 5.10 Å². The minimum atomic E-state index is -0.439. The molecule has 3 aromatic rings. The number of aryl methyl sites for hydroxylation is 2. The zero-order chi connectivity index (χ0) is 18.0. The van der Waals surface area contributed by atoms with E-state index in [1.807, 2.05) is 0 Å². The highest BCUT2D eigenvalue weighted by atomic mass is 19.1. The highest BCUT2D eigenvalue weighted by Gasteiger charge is 2.15. The van der Waals surface area contributed by atoms with Crippen molar-refractivity contribution in [1.82, 2.24) is 20.1 Å². The van der Waals surface area contributed by atoms with E-state index < -0.39 is 5.91 Å². The van der Waals surface area contributed by atoms with Crippen LogP contribution in [0.3, 0.4) is 0 Å². The molecule has 5 nitrogen and oxygen atoms in total. The van der Waals surface area contributed by atoms with Gasteiger partial charge in [-0.2, -0.15) is 0 Å². The van der Waals surface area contributed by atoms with Gasteiger partial charge in [-0.1, -0.05) is 12.1 Å². The Kier molecular flexibility index (Phi) is 4.56. The monoisotopic (exact) mass is 342 g/mol. The van der Waals surface area contributed by atoms with Crippen molar-refractivity contribution in [2.45, 2.75) is 20.4 Å². The maximum Gasteiger partial charge on any atom is 0.291 e. The Morgan fingerprint density at radius 1 is 1.12 bits per heavy atom. The second-order valence-electron chi connectivity index (χ2n) is 5.64. The number of aromatic nitrogens is 3. The first-order valence-electron chi connectivity index (χ1n) is 7.67. The summed E-state index contributed by atoms with van der Waals surface area (Å²) in [5, 5.41) is 6.87. The number of carbonyl (C=O) groups is 1. The number of carbonyl (C=O) groups excluding carboxylic acids is 1. The molecule has 0 aliphatic carbocycles. The predicted octanol–water partition coefficient (Wildman–Crippen LogP) is 3.09. The Labute approximate surface area is 143 Å². The van der Waals surface area contributed by atoms with Crippen molar-refractivity contribution in [2.75, 3.05) is 0 Å². The summed E-state index contributed by atoms with van der Waals surface area (Å²) in [4.78, 5) is 16.4. The summed E-state index contributed by atoms with van der Waals surface area (Å²) in [7, 11) is 0. The summed E-state index contributed by atoms with van der Waals surface area (Å²) in [5.74, 6) is -0.555. The van der Waals surface area contributed by atoms with Crippen LogP contribution in [0.25, 0.3) is 5.69 Å². The number of rotatable bonds is 4. The van der Waals surface area contributed by atoms with Gasteiger partial charge < -0.3 is 5.32 Å². The van der Waals surface area contributed by atoms with E-state index in [-0.39, 0.29) is 24.0 Å². The molecule has 0 saturated carbocycles. The average molecular weight is 342 g/mol. The summed E-state index contributed by atoms with van der Waals surface area (Å²) in [6.07, 6.45) is 0. The number of hydrogen-bond acceptors (Lipinski definition) is 3. The SMILES string of the molecule is Cc1cc(CNC(=O)c2nc(C)n(-c3ccc(F)cc3)n2)ccc1F. The summed E-state index contributed by atoms with van der Waals surface area (Å²) in [5.41, 5.74) is 1.91. The van der Waals surface area contributed by atoms with Crippen molar-refractivity contribution in [3.05, 3.63) is 76.9 Å². The number of hydrogen-bond donors (Lipinski definition) is 1. The molecule has 0 unspecified atom stereocenters. The molecule has 2 aromatic carbocycles. The molecular formula is C18H16F2N4O. The van der Waals surface area contributed by atoms with Crippen LogP contribution in [0.5, 0.6) is 0 Å². The van der Waals surface area contributed by atoms with Crippen molar-refractivity contribution in [3.8, 4) is 5.69 Å². The van der Waals surface area contributed by atoms with Crippen molar-refractivity contribution in [2.24, 2.45) is 0 Å². The maximum absolute atomic E-state index is 13.3. The molecule has 0 aliphatic heterocycles. The van der Waals surface area contributed by atoms with E-state index in [4.69, 9.17) is 0 Å². The lowest BCUT2D eigenvalue weighted by molar-refractivity contribution is 0.0940. The summed E-state index contributed by atoms with van der Waals surface area (Å²) < 4.78 is 27.7. The number of amides is 1. The van der Waals surface area contributed by atoms with Gasteiger partial charge >= 0.3 is 0 Å². The van der Waals surface area contributed by atoms with Gasteiger partial charge in [-0.3, -0.25) is 4.79 Å². The van der Waals surface area contributed by atoms with Crippen LogP contribution in [-0.4, -0.2) is 20.7 Å². The fourth-order valence-electron chi connectivity index (χ4n) is 2.39. The molecule has 1 aromatic heterocycles. The van der Waals surface area contributed by atoms with Crippen molar-refractivity contribution < 1.29 is 13.6 Å². The summed E-state index contributed by atoms with van der Waals surface area (Å²) >= 11 is 0. The molecule has 1 amide bonds. The highest BCUT2D eigenvalue weighted by Crippen LogP contribution is 2.11. The van der Waals surface area contributed by atoms with Gasteiger partial charge in [0.15, 0.2) is 0 Å². The molecule has 0 fully saturated rings. The van der Waals surface area contributed by atoms with Crippen LogP contribution >= 0.6 is 0 Å². The Balaban J connectivity index is 1.73. The lowest BCUT2D eigenvalue weighted by atomic mass is 10.1. The third kappa shape index (κ3) is 3.71. The standard InChI is InChI=1S/C18H16F2N4O/c1-11-9-13(3-8-16(11)20)10-21-18(25)17-22-12(2)24(23-17)15-6-4-14(19)5-7-15/h3-9H,10H2,1-2H3,(H,21,25). The summed E-state index contributed by atoms with van der Waals surface area (Å²) in [6, 6.07) is 10.4. The van der Waals surface area contributed by atoms with Crippen LogP contribution < -0.4 is 5.32 Å². The number of nitrogens with zero attached hydrogens (tertiary/aromatic N) is 3. The van der Waals surface area contributed by atoms with Crippen molar-refractivity contribution in [1.29, 1.82) is 0 Å². The molecule has 0 aliphatic rings. The minimum absolute atomic E-state index is 0.0145. The lowest BCUT2D eigenvalue weighted by Gasteiger charge is -2.05. The van der Waals surface area contributed by atoms with E-state index in [0.29, 0.717) is 17.1 Å². The molecule has 7 heteroatoms. The van der Waals surface area contributed by atoms with Gasteiger partial charge in [-0.25, -0.2) is 18.4 Å². The second-order valence-corrected chi connectivity index (χ2v) is 5.64. The second kappa shape index (κ2) is 6.80. The fraction of sp³-hybridized carbons (Fsp3) is 0.167. The minimum Gasteiger partial charge on any atom is -0.345 e. The van der Waals surface area contributed by atoms with Crippen LogP contribution in [0.15, 0.2) is 42.5 Å². The molecular weight excluding hydrogens is 326 g/mol. The first-order chi connectivity index (χ1) is 11.9. The van der Waals surface area contributed by atoms with Gasteiger partial charge in [0.2, 0.25) is 5.82 Å². The van der Waals surface area contributed by atoms with Gasteiger partial charge in [0.05, 0.1) is 5.69 Å². The Bertz CT molecular complexity index is 919. The van der Waals surface area contributed by atoms with Crippen LogP contribution in [-0.2, 0) is 6.54 Å². The fourth-order valence-corrected chi connectivity index (χ4v) is 2.39. The molecule has 0 radical (unpaired) electrons. The molecule has 0 bridgehead atoms. The predicted molar refractivity (Wildman–Crippen MR) is 88.4 cm³/mol. The van der Waals surface area contributed by atoms with Crippen LogP contribution in [0.2, 0.25) is 0 Å². The van der Waals surface area contributed by atoms with Crippen molar-refractivity contribution in [3.63, 3.8) is 0 Å². The molecule has 128 valence electrons. The van der Waals surface area contributed by atoms with Gasteiger partial charge in [0.25, 0.3) is 5.91 Å². The molecule has 0 spiro atoms. The third-order valence-corrected chi connectivity index (χ3v) is 3.72. The average Bonchev–Trinajstić information content (AvgIpc) is 2.98. The maximum atomic E-state index is 13.3. The largest absolute Gasteiger partial charge is 0.345 e. The molecule has 1 N–H and O–H groups in total. The van der Waals surface area contributed by atoms with Crippen LogP contribution in [0.4, 0.5) is 8.78 Å². The first kappa shape index (κ1) is 16.8. The number of nitrogens with one attached hydrogen (secondary N) is 1. The van der Waals surface area contributed by atoms with E-state index >= 15 is 0 Å². The zero-order valence-electron chi connectivity index (χ0n) is 13.8. The summed E-state index contributed by atoms with van der Waals surface area (Å²) in [6.45, 7) is 3.61. The third-order valence-electron chi connectivity index (χ3n) is 3.72. The smallest absolute Gasteiger partial charge is 0.291 e. The number of halogens is 2. The van der Waals surface area contributed by atoms with Gasteiger partial charge in [0.1, 0.15) is 17.5 Å². The van der Waals surface area contributed by atoms with E-state index in [9.17, 15) is 13.6 Å². The lowest BCUT2D eigenvalue weighted by Crippen LogP contribution is -2.24. The van der Waals surface area contributed by atoms with Crippen LogP contribution in [0, 0.1) is 25.5 Å². The first-order valence-corrected chi connectivity index (χ1v) is 7.67. The molecule has 0 saturated heterocycles. The number of benzene rings is 2. The van der Waals surface area contributed by atoms with E-state index in [1.165, 1.54) is 22.9 Å². The van der Waals surface area contributed by atoms with E-state index in [2.05, 4.69) is 15.4 Å². The van der Waals surface area contributed by atoms with E-state index in [0.717, 1.165) is 5.56 Å². The Morgan fingerprint density at radius 3 is 2.52 bits per heavy atom. The topological polar surface area (TPSA) is 59.8 Å². The van der Waals surface area contributed by atoms with Crippen LogP contribution in [0.1, 0.15) is 27.6 Å². The zero-order valence-corrected chi connectivity index (χ0v) is 13.8. The Hall–Kier alpha value is -3.09. The highest BCUT2D eigenvalue weighted by molar-refractivity contribution is 5.90. The van der Waals surface area contributed by atoms with E-state index in [1.54, 1.807) is 38.1 Å². The molecule has 0 atom stereocenters. The Morgan fingerprint density at radius 2 is 1.84 bits per heavy atom. The van der Waals surface area contributed by atoms with Gasteiger partial charge in [0, 0.05) is 6.54 Å². The quantitative estimate of drug-likeness (QED) is 0.793. The molecule has 1 heterocycles. The molecule has 3 rings (SSSR count).